The van der Waals surface area contributed by atoms with E-state index in [-0.39, 0.29) is 18.4 Å². The summed E-state index contributed by atoms with van der Waals surface area (Å²) in [6, 6.07) is 21.3. The van der Waals surface area contributed by atoms with Gasteiger partial charge in [0.1, 0.15) is 6.04 Å². The Labute approximate surface area is 231 Å². The van der Waals surface area contributed by atoms with Gasteiger partial charge in [-0.2, -0.15) is 0 Å². The Kier molecular flexibility index (Phi) is 7.58. The number of hydrogen-bond donors (Lipinski definition) is 3. The zero-order valence-corrected chi connectivity index (χ0v) is 22.3. The van der Waals surface area contributed by atoms with E-state index >= 15 is 0 Å². The fraction of sp³-hybridized carbons (Fsp3) is 0.200. The Morgan fingerprint density at radius 3 is 2.64 bits per heavy atom. The summed E-state index contributed by atoms with van der Waals surface area (Å²) in [5.41, 5.74) is 5.15. The second-order valence-electron chi connectivity index (χ2n) is 9.52. The Morgan fingerprint density at radius 2 is 1.90 bits per heavy atom. The van der Waals surface area contributed by atoms with Crippen LogP contribution in [0.1, 0.15) is 40.0 Å². The van der Waals surface area contributed by atoms with Crippen molar-refractivity contribution in [3.05, 3.63) is 106 Å². The molecular weight excluding hydrogens is 514 g/mol. The molecule has 3 aromatic carbocycles. The van der Waals surface area contributed by atoms with Crippen molar-refractivity contribution in [3.8, 4) is 11.3 Å². The van der Waals surface area contributed by atoms with Gasteiger partial charge in [-0.05, 0) is 43.2 Å². The van der Waals surface area contributed by atoms with Crippen molar-refractivity contribution in [3.63, 3.8) is 0 Å². The predicted molar refractivity (Wildman–Crippen MR) is 151 cm³/mol. The van der Waals surface area contributed by atoms with E-state index in [9.17, 15) is 14.7 Å². The number of aromatic nitrogens is 2. The Bertz CT molecular complexity index is 1530. The van der Waals surface area contributed by atoms with Gasteiger partial charge in [-0.3, -0.25) is 9.59 Å². The van der Waals surface area contributed by atoms with E-state index < -0.39 is 12.1 Å². The predicted octanol–water partition coefficient (Wildman–Crippen LogP) is 5.04. The first-order valence-electron chi connectivity index (χ1n) is 12.6. The highest BCUT2D eigenvalue weighted by Crippen LogP contribution is 2.32. The highest BCUT2D eigenvalue weighted by molar-refractivity contribution is 6.33. The summed E-state index contributed by atoms with van der Waals surface area (Å²) in [5.74, 6) is -0.211. The molecule has 39 heavy (non-hydrogen) atoms. The molecule has 0 aliphatic carbocycles. The molecule has 0 spiro atoms. The lowest BCUT2D eigenvalue weighted by Crippen LogP contribution is -2.46. The second-order valence-corrected chi connectivity index (χ2v) is 9.93. The molecule has 5 rings (SSSR count). The highest BCUT2D eigenvalue weighted by atomic mass is 35.5. The molecule has 0 fully saturated rings. The monoisotopic (exact) mass is 541 g/mol. The largest absolute Gasteiger partial charge is 0.394 e. The summed E-state index contributed by atoms with van der Waals surface area (Å²) in [5, 5.41) is 16.3. The van der Waals surface area contributed by atoms with Crippen LogP contribution in [-0.2, 0) is 11.3 Å². The van der Waals surface area contributed by atoms with Gasteiger partial charge in [0.25, 0.3) is 5.91 Å². The van der Waals surface area contributed by atoms with Crippen LogP contribution < -0.4 is 10.6 Å². The SMILES string of the molecule is Cc1cccc(C(CO)NC(=O)C(C)N2Cc3ccc(-c4nc(Nc5ccccc5)ncc4Cl)cc3C2=O)c1. The number of carbonyl (C=O) groups excluding carboxylic acids is 2. The number of hydrogen-bond acceptors (Lipinski definition) is 6. The van der Waals surface area contributed by atoms with Gasteiger partial charge in [0, 0.05) is 23.4 Å². The summed E-state index contributed by atoms with van der Waals surface area (Å²) in [7, 11) is 0. The lowest BCUT2D eigenvalue weighted by atomic mass is 10.0. The Morgan fingerprint density at radius 1 is 1.10 bits per heavy atom. The van der Waals surface area contributed by atoms with Crippen LogP contribution in [0.3, 0.4) is 0 Å². The lowest BCUT2D eigenvalue weighted by molar-refractivity contribution is -0.126. The maximum Gasteiger partial charge on any atom is 0.255 e. The van der Waals surface area contributed by atoms with Crippen LogP contribution in [0.25, 0.3) is 11.3 Å². The third-order valence-corrected chi connectivity index (χ3v) is 7.06. The van der Waals surface area contributed by atoms with Gasteiger partial charge in [-0.25, -0.2) is 9.97 Å². The van der Waals surface area contributed by atoms with E-state index in [0.29, 0.717) is 34.3 Å². The van der Waals surface area contributed by atoms with Crippen molar-refractivity contribution >= 4 is 35.1 Å². The van der Waals surface area contributed by atoms with Crippen LogP contribution in [0, 0.1) is 6.92 Å². The minimum atomic E-state index is -0.739. The van der Waals surface area contributed by atoms with Gasteiger partial charge < -0.3 is 20.6 Å². The quantitative estimate of drug-likeness (QED) is 0.288. The first-order chi connectivity index (χ1) is 18.8. The molecule has 0 saturated heterocycles. The molecule has 9 heteroatoms. The van der Waals surface area contributed by atoms with Gasteiger partial charge in [0.15, 0.2) is 0 Å². The molecule has 1 aromatic heterocycles. The van der Waals surface area contributed by atoms with Gasteiger partial charge in [-0.15, -0.1) is 0 Å². The summed E-state index contributed by atoms with van der Waals surface area (Å²) in [6.45, 7) is 3.69. The normalized spacial score (nSPS) is 14.1. The number of aliphatic hydroxyl groups excluding tert-OH is 1. The van der Waals surface area contributed by atoms with Gasteiger partial charge in [0.2, 0.25) is 11.9 Å². The second kappa shape index (κ2) is 11.2. The third-order valence-electron chi connectivity index (χ3n) is 6.78. The number of aliphatic hydroxyl groups is 1. The minimum Gasteiger partial charge on any atom is -0.394 e. The molecule has 1 aliphatic heterocycles. The molecule has 0 saturated carbocycles. The van der Waals surface area contributed by atoms with Gasteiger partial charge >= 0.3 is 0 Å². The molecule has 1 aliphatic rings. The van der Waals surface area contributed by atoms with Crippen LogP contribution in [0.2, 0.25) is 5.02 Å². The average molecular weight is 542 g/mol. The molecule has 0 bridgehead atoms. The molecule has 8 nitrogen and oxygen atoms in total. The van der Waals surface area contributed by atoms with E-state index in [2.05, 4.69) is 20.6 Å². The van der Waals surface area contributed by atoms with E-state index in [1.807, 2.05) is 73.7 Å². The van der Waals surface area contributed by atoms with Crippen LogP contribution in [0.5, 0.6) is 0 Å². The Balaban J connectivity index is 1.33. The molecular formula is C30H28ClN5O3. The van der Waals surface area contributed by atoms with Crippen molar-refractivity contribution in [1.29, 1.82) is 0 Å². The topological polar surface area (TPSA) is 107 Å². The van der Waals surface area contributed by atoms with Crippen LogP contribution in [-0.4, -0.2) is 44.4 Å². The van der Waals surface area contributed by atoms with E-state index in [1.165, 1.54) is 11.1 Å². The first kappa shape index (κ1) is 26.3. The highest BCUT2D eigenvalue weighted by Gasteiger charge is 2.35. The van der Waals surface area contributed by atoms with Crippen LogP contribution in [0.4, 0.5) is 11.6 Å². The maximum atomic E-state index is 13.4. The van der Waals surface area contributed by atoms with Gasteiger partial charge in [-0.1, -0.05) is 71.8 Å². The standard InChI is InChI=1S/C30H28ClN5O3/c1-18-7-6-8-20(13-18)26(17-37)34-28(38)19(2)36-16-22-12-11-21(14-24(22)29(36)39)27-25(31)15-32-30(35-27)33-23-9-4-3-5-10-23/h3-15,19,26,37H,16-17H2,1-2H3,(H,34,38)(H,32,33,35). The summed E-state index contributed by atoms with van der Waals surface area (Å²) < 4.78 is 0. The fourth-order valence-corrected chi connectivity index (χ4v) is 4.82. The van der Waals surface area contributed by atoms with Crippen molar-refractivity contribution in [2.75, 3.05) is 11.9 Å². The van der Waals surface area contributed by atoms with E-state index in [0.717, 1.165) is 22.4 Å². The zero-order chi connectivity index (χ0) is 27.5. The zero-order valence-electron chi connectivity index (χ0n) is 21.6. The van der Waals surface area contributed by atoms with Crippen LogP contribution in [0.15, 0.2) is 79.0 Å². The molecule has 2 unspecified atom stereocenters. The molecule has 0 radical (unpaired) electrons. The number of anilines is 2. The van der Waals surface area contributed by atoms with Crippen molar-refractivity contribution < 1.29 is 14.7 Å². The van der Waals surface area contributed by atoms with E-state index in [4.69, 9.17) is 11.6 Å². The van der Waals surface area contributed by atoms with Crippen molar-refractivity contribution in [2.24, 2.45) is 0 Å². The average Bonchev–Trinajstić information content (AvgIpc) is 3.28. The smallest absolute Gasteiger partial charge is 0.255 e. The van der Waals surface area contributed by atoms with Crippen molar-refractivity contribution in [2.45, 2.75) is 32.5 Å². The van der Waals surface area contributed by atoms with Crippen molar-refractivity contribution in [1.82, 2.24) is 20.2 Å². The molecule has 4 aromatic rings. The maximum absolute atomic E-state index is 13.4. The molecule has 2 atom stereocenters. The molecule has 198 valence electrons. The minimum absolute atomic E-state index is 0.250. The number of aryl methyl sites for hydroxylation is 1. The number of para-hydroxylation sites is 1. The number of benzene rings is 3. The fourth-order valence-electron chi connectivity index (χ4n) is 4.62. The van der Waals surface area contributed by atoms with E-state index in [1.54, 1.807) is 13.0 Å². The molecule has 2 heterocycles. The molecule has 3 N–H and O–H groups in total. The molecule has 2 amide bonds. The first-order valence-corrected chi connectivity index (χ1v) is 13.0. The number of rotatable bonds is 8. The number of amides is 2. The number of nitrogens with one attached hydrogen (secondary N) is 2. The number of nitrogens with zero attached hydrogens (tertiary/aromatic N) is 3. The summed E-state index contributed by atoms with van der Waals surface area (Å²) in [4.78, 5) is 36.9. The van der Waals surface area contributed by atoms with Crippen LogP contribution >= 0.6 is 11.6 Å². The number of carbonyl (C=O) groups is 2. The number of fused-ring (bicyclic) bond motifs is 1. The Hall–Kier alpha value is -4.27. The van der Waals surface area contributed by atoms with Gasteiger partial charge in [0.05, 0.1) is 29.6 Å². The number of halogens is 1. The summed E-state index contributed by atoms with van der Waals surface area (Å²) >= 11 is 6.44. The summed E-state index contributed by atoms with van der Waals surface area (Å²) in [6.07, 6.45) is 1.52. The lowest BCUT2D eigenvalue weighted by Gasteiger charge is -2.26. The third kappa shape index (κ3) is 5.62.